The normalized spacial score (nSPS) is 10.1. The SMILES string of the molecule is C=C(NNC(=O)c1cc(C)oc1C)c1ccccc1O. The summed E-state index contributed by atoms with van der Waals surface area (Å²) in [4.78, 5) is 12.0. The third kappa shape index (κ3) is 2.83. The number of phenolic OH excluding ortho intramolecular Hbond substituents is 1. The molecule has 0 atom stereocenters. The van der Waals surface area contributed by atoms with Crippen molar-refractivity contribution in [2.24, 2.45) is 0 Å². The number of aromatic hydroxyl groups is 1. The van der Waals surface area contributed by atoms with Gasteiger partial charge in [-0.05, 0) is 32.0 Å². The van der Waals surface area contributed by atoms with Gasteiger partial charge in [0, 0.05) is 5.56 Å². The Labute approximate surface area is 116 Å². The lowest BCUT2D eigenvalue weighted by Gasteiger charge is -2.11. The van der Waals surface area contributed by atoms with Crippen molar-refractivity contribution in [3.05, 3.63) is 59.6 Å². The molecule has 1 aromatic carbocycles. The lowest BCUT2D eigenvalue weighted by molar-refractivity contribution is 0.0941. The van der Waals surface area contributed by atoms with Crippen molar-refractivity contribution in [3.63, 3.8) is 0 Å². The lowest BCUT2D eigenvalue weighted by atomic mass is 10.1. The molecule has 0 aliphatic heterocycles. The second-order valence-electron chi connectivity index (χ2n) is 4.40. The summed E-state index contributed by atoms with van der Waals surface area (Å²) in [6, 6.07) is 8.39. The third-order valence-electron chi connectivity index (χ3n) is 2.84. The number of phenols is 1. The standard InChI is InChI=1S/C15H16N2O3/c1-9-8-13(11(3)20-9)15(19)17-16-10(2)12-6-4-5-7-14(12)18/h4-8,16,18H,2H2,1,3H3,(H,17,19). The predicted molar refractivity (Wildman–Crippen MR) is 75.9 cm³/mol. The molecule has 0 saturated carbocycles. The maximum absolute atomic E-state index is 12.0. The number of hydrogen-bond donors (Lipinski definition) is 3. The number of carbonyl (C=O) groups excluding carboxylic acids is 1. The van der Waals surface area contributed by atoms with Crippen LogP contribution in [0.5, 0.6) is 5.75 Å². The molecular weight excluding hydrogens is 256 g/mol. The molecule has 3 N–H and O–H groups in total. The minimum Gasteiger partial charge on any atom is -0.507 e. The number of carbonyl (C=O) groups is 1. The fraction of sp³-hybridized carbons (Fsp3) is 0.133. The van der Waals surface area contributed by atoms with Crippen LogP contribution in [0.3, 0.4) is 0 Å². The van der Waals surface area contributed by atoms with Crippen LogP contribution in [0.2, 0.25) is 0 Å². The smallest absolute Gasteiger partial charge is 0.273 e. The number of para-hydroxylation sites is 1. The molecule has 0 spiro atoms. The van der Waals surface area contributed by atoms with E-state index in [0.717, 1.165) is 0 Å². The zero-order valence-corrected chi connectivity index (χ0v) is 11.4. The number of aryl methyl sites for hydroxylation is 2. The Bertz CT molecular complexity index is 659. The van der Waals surface area contributed by atoms with Gasteiger partial charge in [-0.25, -0.2) is 0 Å². The molecule has 1 amide bonds. The van der Waals surface area contributed by atoms with Crippen LogP contribution in [0.15, 0.2) is 41.3 Å². The van der Waals surface area contributed by atoms with Gasteiger partial charge < -0.3 is 9.52 Å². The highest BCUT2D eigenvalue weighted by Gasteiger charge is 2.13. The van der Waals surface area contributed by atoms with E-state index in [0.29, 0.717) is 28.3 Å². The molecular formula is C15H16N2O3. The van der Waals surface area contributed by atoms with Crippen molar-refractivity contribution in [3.8, 4) is 5.75 Å². The number of amides is 1. The molecule has 0 fully saturated rings. The zero-order valence-electron chi connectivity index (χ0n) is 11.4. The summed E-state index contributed by atoms with van der Waals surface area (Å²) in [5.74, 6) is 0.993. The lowest BCUT2D eigenvalue weighted by Crippen LogP contribution is -2.35. The number of rotatable bonds is 4. The quantitative estimate of drug-likeness (QED) is 0.748. The second kappa shape index (κ2) is 5.52. The van der Waals surface area contributed by atoms with E-state index in [1.807, 2.05) is 0 Å². The minimum atomic E-state index is -0.323. The maximum atomic E-state index is 12.0. The van der Waals surface area contributed by atoms with E-state index in [9.17, 15) is 9.90 Å². The first-order chi connectivity index (χ1) is 9.49. The Hall–Kier alpha value is -2.69. The Morgan fingerprint density at radius 2 is 1.90 bits per heavy atom. The molecule has 20 heavy (non-hydrogen) atoms. The first kappa shape index (κ1) is 13.7. The monoisotopic (exact) mass is 272 g/mol. The summed E-state index contributed by atoms with van der Waals surface area (Å²) in [6.07, 6.45) is 0. The van der Waals surface area contributed by atoms with E-state index in [4.69, 9.17) is 4.42 Å². The Morgan fingerprint density at radius 3 is 2.50 bits per heavy atom. The molecule has 0 radical (unpaired) electrons. The molecule has 0 aliphatic rings. The summed E-state index contributed by atoms with van der Waals surface area (Å²) in [7, 11) is 0. The minimum absolute atomic E-state index is 0.0922. The average Bonchev–Trinajstić information content (AvgIpc) is 2.75. The third-order valence-corrected chi connectivity index (χ3v) is 2.84. The van der Waals surface area contributed by atoms with Gasteiger partial charge in [0.25, 0.3) is 5.91 Å². The van der Waals surface area contributed by atoms with Crippen LogP contribution in [-0.4, -0.2) is 11.0 Å². The first-order valence-corrected chi connectivity index (χ1v) is 6.09. The highest BCUT2D eigenvalue weighted by atomic mass is 16.3. The highest BCUT2D eigenvalue weighted by Crippen LogP contribution is 2.21. The molecule has 0 unspecified atom stereocenters. The van der Waals surface area contributed by atoms with Gasteiger partial charge in [0.1, 0.15) is 17.3 Å². The van der Waals surface area contributed by atoms with E-state index in [-0.39, 0.29) is 11.7 Å². The number of nitrogens with one attached hydrogen (secondary N) is 2. The summed E-state index contributed by atoms with van der Waals surface area (Å²) in [5, 5.41) is 9.68. The maximum Gasteiger partial charge on any atom is 0.273 e. The van der Waals surface area contributed by atoms with Crippen molar-refractivity contribution in [2.75, 3.05) is 0 Å². The molecule has 5 nitrogen and oxygen atoms in total. The van der Waals surface area contributed by atoms with Crippen molar-refractivity contribution in [1.82, 2.24) is 10.9 Å². The van der Waals surface area contributed by atoms with E-state index < -0.39 is 0 Å². The van der Waals surface area contributed by atoms with Crippen molar-refractivity contribution >= 4 is 11.6 Å². The fourth-order valence-electron chi connectivity index (χ4n) is 1.85. The van der Waals surface area contributed by atoms with Crippen LogP contribution in [0, 0.1) is 13.8 Å². The fourth-order valence-corrected chi connectivity index (χ4v) is 1.85. The molecule has 104 valence electrons. The van der Waals surface area contributed by atoms with Crippen molar-refractivity contribution < 1.29 is 14.3 Å². The summed E-state index contributed by atoms with van der Waals surface area (Å²) in [6.45, 7) is 7.27. The Morgan fingerprint density at radius 1 is 1.20 bits per heavy atom. The number of hydrogen-bond acceptors (Lipinski definition) is 4. The van der Waals surface area contributed by atoms with E-state index in [2.05, 4.69) is 17.4 Å². The predicted octanol–water partition coefficient (Wildman–Crippen LogP) is 2.51. The van der Waals surface area contributed by atoms with Gasteiger partial charge in [0.15, 0.2) is 0 Å². The summed E-state index contributed by atoms with van der Waals surface area (Å²) < 4.78 is 5.30. The zero-order chi connectivity index (χ0) is 14.7. The van der Waals surface area contributed by atoms with E-state index in [1.165, 1.54) is 0 Å². The van der Waals surface area contributed by atoms with Gasteiger partial charge in [0.05, 0.1) is 11.3 Å². The van der Waals surface area contributed by atoms with Crippen LogP contribution in [0.25, 0.3) is 5.70 Å². The van der Waals surface area contributed by atoms with Gasteiger partial charge in [-0.1, -0.05) is 18.7 Å². The van der Waals surface area contributed by atoms with Crippen LogP contribution in [-0.2, 0) is 0 Å². The molecule has 0 bridgehead atoms. The molecule has 2 aromatic rings. The Balaban J connectivity index is 2.02. The van der Waals surface area contributed by atoms with Gasteiger partial charge in [-0.3, -0.25) is 15.6 Å². The van der Waals surface area contributed by atoms with Crippen molar-refractivity contribution in [1.29, 1.82) is 0 Å². The van der Waals surface area contributed by atoms with Crippen LogP contribution < -0.4 is 10.9 Å². The highest BCUT2D eigenvalue weighted by molar-refractivity contribution is 5.95. The number of benzene rings is 1. The summed E-state index contributed by atoms with van der Waals surface area (Å²) >= 11 is 0. The first-order valence-electron chi connectivity index (χ1n) is 6.09. The van der Waals surface area contributed by atoms with Crippen LogP contribution >= 0.6 is 0 Å². The second-order valence-corrected chi connectivity index (χ2v) is 4.40. The van der Waals surface area contributed by atoms with Crippen LogP contribution in [0.4, 0.5) is 0 Å². The Kier molecular flexibility index (Phi) is 3.79. The molecule has 5 heteroatoms. The largest absolute Gasteiger partial charge is 0.507 e. The van der Waals surface area contributed by atoms with Gasteiger partial charge >= 0.3 is 0 Å². The van der Waals surface area contributed by atoms with Crippen molar-refractivity contribution in [2.45, 2.75) is 13.8 Å². The molecule has 1 aromatic heterocycles. The van der Waals surface area contributed by atoms with Crippen LogP contribution in [0.1, 0.15) is 27.4 Å². The molecule has 1 heterocycles. The van der Waals surface area contributed by atoms with Gasteiger partial charge in [-0.15, -0.1) is 0 Å². The summed E-state index contributed by atoms with van der Waals surface area (Å²) in [5.41, 5.74) is 6.57. The average molecular weight is 272 g/mol. The topological polar surface area (TPSA) is 74.5 Å². The van der Waals surface area contributed by atoms with E-state index in [1.54, 1.807) is 44.2 Å². The van der Waals surface area contributed by atoms with E-state index >= 15 is 0 Å². The molecule has 0 aliphatic carbocycles. The van der Waals surface area contributed by atoms with Gasteiger partial charge in [0.2, 0.25) is 0 Å². The number of furan rings is 1. The molecule has 0 saturated heterocycles. The number of hydrazine groups is 1. The molecule has 2 rings (SSSR count). The van der Waals surface area contributed by atoms with Gasteiger partial charge in [-0.2, -0.15) is 0 Å².